The van der Waals surface area contributed by atoms with E-state index < -0.39 is 5.41 Å². The van der Waals surface area contributed by atoms with E-state index in [2.05, 4.69) is 5.32 Å². The first-order valence-corrected chi connectivity index (χ1v) is 7.08. The Kier molecular flexibility index (Phi) is 6.02. The lowest BCUT2D eigenvalue weighted by Crippen LogP contribution is -2.48. The van der Waals surface area contributed by atoms with Gasteiger partial charge in [0.25, 0.3) is 0 Å². The molecule has 0 spiro atoms. The zero-order valence-corrected chi connectivity index (χ0v) is 12.4. The summed E-state index contributed by atoms with van der Waals surface area (Å²) in [6.07, 6.45) is 4.68. The second kappa shape index (κ2) is 7.28. The van der Waals surface area contributed by atoms with Crippen LogP contribution in [0.4, 0.5) is 0 Å². The third kappa shape index (κ3) is 3.80. The maximum absolute atomic E-state index is 12.5. The van der Waals surface area contributed by atoms with Gasteiger partial charge in [-0.05, 0) is 25.0 Å². The van der Waals surface area contributed by atoms with Crippen LogP contribution in [0.2, 0.25) is 0 Å². The van der Waals surface area contributed by atoms with Gasteiger partial charge >= 0.3 is 0 Å². The number of rotatable bonds is 8. The quantitative estimate of drug-likeness (QED) is 0.719. The predicted octanol–water partition coefficient (Wildman–Crippen LogP) is 2.77. The van der Waals surface area contributed by atoms with Gasteiger partial charge in [0.15, 0.2) is 0 Å². The summed E-state index contributed by atoms with van der Waals surface area (Å²) in [4.78, 5) is 12.7. The van der Waals surface area contributed by atoms with Gasteiger partial charge in [0.1, 0.15) is 5.76 Å². The van der Waals surface area contributed by atoms with Crippen molar-refractivity contribution in [2.24, 2.45) is 11.1 Å². The summed E-state index contributed by atoms with van der Waals surface area (Å²) in [6.45, 7) is 4.43. The molecule has 3 N–H and O–H groups in total. The van der Waals surface area contributed by atoms with Crippen molar-refractivity contribution in [2.45, 2.75) is 46.1 Å². The molecule has 0 bridgehead atoms. The molecule has 19 heavy (non-hydrogen) atoms. The highest BCUT2D eigenvalue weighted by molar-refractivity contribution is 7.80. The van der Waals surface area contributed by atoms with Crippen LogP contribution in [0.5, 0.6) is 0 Å². The maximum Gasteiger partial charge on any atom is 0.233 e. The van der Waals surface area contributed by atoms with Crippen molar-refractivity contribution in [3.05, 3.63) is 24.2 Å². The third-order valence-corrected chi connectivity index (χ3v) is 3.65. The number of thiocarbonyl (C=S) groups is 1. The first-order valence-electron chi connectivity index (χ1n) is 6.67. The fourth-order valence-corrected chi connectivity index (χ4v) is 2.61. The number of nitrogens with two attached hydrogens (primary N) is 1. The maximum atomic E-state index is 12.5. The van der Waals surface area contributed by atoms with E-state index in [0.29, 0.717) is 19.4 Å². The van der Waals surface area contributed by atoms with Crippen molar-refractivity contribution in [2.75, 3.05) is 0 Å². The van der Waals surface area contributed by atoms with Gasteiger partial charge in [-0.1, -0.05) is 38.9 Å². The number of furan rings is 1. The lowest BCUT2D eigenvalue weighted by Gasteiger charge is -2.30. The van der Waals surface area contributed by atoms with Crippen molar-refractivity contribution in [3.63, 3.8) is 0 Å². The number of carbonyl (C=O) groups excluding carboxylic acids is 1. The molecule has 1 aromatic heterocycles. The summed E-state index contributed by atoms with van der Waals surface area (Å²) in [6, 6.07) is 3.61. The molecule has 0 atom stereocenters. The van der Waals surface area contributed by atoms with Crippen LogP contribution >= 0.6 is 12.2 Å². The average molecular weight is 282 g/mol. The van der Waals surface area contributed by atoms with Crippen LogP contribution in [-0.4, -0.2) is 10.9 Å². The fraction of sp³-hybridized carbons (Fsp3) is 0.571. The molecule has 1 rings (SSSR count). The zero-order valence-electron chi connectivity index (χ0n) is 11.6. The van der Waals surface area contributed by atoms with Crippen molar-refractivity contribution in [1.29, 1.82) is 0 Å². The van der Waals surface area contributed by atoms with E-state index in [1.807, 2.05) is 19.9 Å². The van der Waals surface area contributed by atoms with Crippen LogP contribution in [0.15, 0.2) is 22.8 Å². The normalized spacial score (nSPS) is 11.3. The molecule has 1 heterocycles. The highest BCUT2D eigenvalue weighted by Crippen LogP contribution is 2.31. The number of hydrogen-bond donors (Lipinski definition) is 2. The Hall–Kier alpha value is -1.36. The SMILES string of the molecule is CCCC(CCC)(C(=O)NCc1ccco1)C(N)=S. The highest BCUT2D eigenvalue weighted by atomic mass is 32.1. The van der Waals surface area contributed by atoms with Crippen molar-refractivity contribution in [1.82, 2.24) is 5.32 Å². The van der Waals surface area contributed by atoms with E-state index in [0.717, 1.165) is 18.6 Å². The molecule has 0 aliphatic carbocycles. The third-order valence-electron chi connectivity index (χ3n) is 3.26. The van der Waals surface area contributed by atoms with Crippen molar-refractivity contribution < 1.29 is 9.21 Å². The molecule has 1 aromatic rings. The minimum atomic E-state index is -0.731. The van der Waals surface area contributed by atoms with Gasteiger partial charge in [-0.3, -0.25) is 4.79 Å². The first-order chi connectivity index (χ1) is 9.06. The van der Waals surface area contributed by atoms with E-state index in [4.69, 9.17) is 22.4 Å². The summed E-state index contributed by atoms with van der Waals surface area (Å²) in [7, 11) is 0. The molecule has 0 fully saturated rings. The number of hydrogen-bond acceptors (Lipinski definition) is 3. The van der Waals surface area contributed by atoms with E-state index in [1.54, 1.807) is 12.3 Å². The second-order valence-corrected chi connectivity index (χ2v) is 5.15. The van der Waals surface area contributed by atoms with Crippen LogP contribution in [0.1, 0.15) is 45.3 Å². The van der Waals surface area contributed by atoms with E-state index in [-0.39, 0.29) is 10.9 Å². The molecule has 0 radical (unpaired) electrons. The molecule has 5 heteroatoms. The second-order valence-electron chi connectivity index (χ2n) is 4.71. The van der Waals surface area contributed by atoms with Crippen LogP contribution in [-0.2, 0) is 11.3 Å². The molecule has 106 valence electrons. The minimum Gasteiger partial charge on any atom is -0.467 e. The molecule has 4 nitrogen and oxygen atoms in total. The van der Waals surface area contributed by atoms with Crippen molar-refractivity contribution >= 4 is 23.1 Å². The Balaban J connectivity index is 2.77. The van der Waals surface area contributed by atoms with Crippen LogP contribution in [0.25, 0.3) is 0 Å². The fourth-order valence-electron chi connectivity index (χ4n) is 2.31. The molecule has 0 saturated carbocycles. The van der Waals surface area contributed by atoms with Gasteiger partial charge in [0.2, 0.25) is 5.91 Å². The molecule has 0 aliphatic heterocycles. The largest absolute Gasteiger partial charge is 0.467 e. The van der Waals surface area contributed by atoms with Gasteiger partial charge in [-0.25, -0.2) is 0 Å². The zero-order chi connectivity index (χ0) is 14.3. The predicted molar refractivity (Wildman–Crippen MR) is 79.6 cm³/mol. The lowest BCUT2D eigenvalue weighted by atomic mass is 9.78. The molecule has 1 amide bonds. The Morgan fingerprint density at radius 1 is 1.42 bits per heavy atom. The summed E-state index contributed by atoms with van der Waals surface area (Å²) in [5.74, 6) is 0.623. The summed E-state index contributed by atoms with van der Waals surface area (Å²) < 4.78 is 5.20. The monoisotopic (exact) mass is 282 g/mol. The first kappa shape index (κ1) is 15.7. The van der Waals surface area contributed by atoms with Crippen LogP contribution in [0, 0.1) is 5.41 Å². The van der Waals surface area contributed by atoms with E-state index in [9.17, 15) is 4.79 Å². The number of carbonyl (C=O) groups is 1. The van der Waals surface area contributed by atoms with Crippen molar-refractivity contribution in [3.8, 4) is 0 Å². The van der Waals surface area contributed by atoms with Gasteiger partial charge in [0, 0.05) is 0 Å². The standard InChI is InChI=1S/C14H22N2O2S/c1-3-7-14(8-4-2,12(15)19)13(17)16-10-11-6-5-9-18-11/h5-6,9H,3-4,7-8,10H2,1-2H3,(H2,15,19)(H,16,17). The Morgan fingerprint density at radius 3 is 2.47 bits per heavy atom. The smallest absolute Gasteiger partial charge is 0.233 e. The molecule has 0 aliphatic rings. The molecule has 0 aromatic carbocycles. The summed E-state index contributed by atoms with van der Waals surface area (Å²) in [5.41, 5.74) is 5.11. The minimum absolute atomic E-state index is 0.0971. The molecular formula is C14H22N2O2S. The topological polar surface area (TPSA) is 68.3 Å². The van der Waals surface area contributed by atoms with Crippen LogP contribution in [0.3, 0.4) is 0 Å². The number of nitrogens with one attached hydrogen (secondary N) is 1. The Morgan fingerprint density at radius 2 is 2.05 bits per heavy atom. The Labute approximate surface area is 119 Å². The van der Waals surface area contributed by atoms with Gasteiger partial charge in [0.05, 0.1) is 23.2 Å². The molecular weight excluding hydrogens is 260 g/mol. The van der Waals surface area contributed by atoms with Crippen LogP contribution < -0.4 is 11.1 Å². The highest BCUT2D eigenvalue weighted by Gasteiger charge is 2.39. The summed E-state index contributed by atoms with van der Waals surface area (Å²) >= 11 is 5.14. The average Bonchev–Trinajstić information content (AvgIpc) is 2.88. The molecule has 0 saturated heterocycles. The van der Waals surface area contributed by atoms with Gasteiger partial charge in [-0.2, -0.15) is 0 Å². The molecule has 0 unspecified atom stereocenters. The van der Waals surface area contributed by atoms with Gasteiger partial charge < -0.3 is 15.5 Å². The van der Waals surface area contributed by atoms with E-state index in [1.165, 1.54) is 0 Å². The lowest BCUT2D eigenvalue weighted by molar-refractivity contribution is -0.128. The van der Waals surface area contributed by atoms with Gasteiger partial charge in [-0.15, -0.1) is 0 Å². The Bertz CT molecular complexity index is 409. The summed E-state index contributed by atoms with van der Waals surface area (Å²) in [5, 5.41) is 2.88. The van der Waals surface area contributed by atoms with E-state index >= 15 is 0 Å². The number of amides is 1.